The van der Waals surface area contributed by atoms with Gasteiger partial charge in [0, 0.05) is 89.3 Å². The fraction of sp³-hybridized carbons (Fsp3) is 0.768. The molecule has 19 atom stereocenters. The van der Waals surface area contributed by atoms with Crippen LogP contribution >= 0.6 is 0 Å². The van der Waals surface area contributed by atoms with Crippen LogP contribution < -0.4 is 4.90 Å². The summed E-state index contributed by atoms with van der Waals surface area (Å²) in [6, 6.07) is 6.24. The smallest absolute Gasteiger partial charge is 0.311 e. The molecule has 5 heterocycles. The molecule has 5 N–H and O–H groups in total. The summed E-state index contributed by atoms with van der Waals surface area (Å²) in [7, 11) is 9.00. The summed E-state index contributed by atoms with van der Waals surface area (Å²) in [4.78, 5) is 29.1. The molecule has 3 saturated heterocycles. The van der Waals surface area contributed by atoms with Crippen LogP contribution in [0.3, 0.4) is 0 Å². The van der Waals surface area contributed by atoms with Gasteiger partial charge in [-0.1, -0.05) is 50.3 Å². The zero-order chi connectivity index (χ0) is 56.9. The Morgan fingerprint density at radius 1 is 0.922 bits per heavy atom. The molecule has 0 amide bonds. The van der Waals surface area contributed by atoms with Crippen molar-refractivity contribution in [3.05, 3.63) is 54.1 Å². The van der Waals surface area contributed by atoms with Gasteiger partial charge in [-0.3, -0.25) is 4.79 Å². The Balaban J connectivity index is 1.22. The van der Waals surface area contributed by atoms with Gasteiger partial charge in [0.15, 0.2) is 12.6 Å². The van der Waals surface area contributed by atoms with Crippen molar-refractivity contribution in [1.82, 2.24) is 34.8 Å². The maximum atomic E-state index is 14.7. The second-order valence-corrected chi connectivity index (χ2v) is 23.5. The zero-order valence-electron chi connectivity index (χ0n) is 48.2. The number of likely N-dealkylation sites (N-methyl/N-ethyl adjacent to an activating group) is 2. The largest absolute Gasteiger partial charge is 0.459 e. The predicted molar refractivity (Wildman–Crippen MR) is 287 cm³/mol. The van der Waals surface area contributed by atoms with Crippen molar-refractivity contribution in [2.24, 2.45) is 17.8 Å². The second-order valence-electron chi connectivity index (χ2n) is 23.5. The van der Waals surface area contributed by atoms with Gasteiger partial charge in [0.1, 0.15) is 36.7 Å². The lowest BCUT2D eigenvalue weighted by atomic mass is 9.77. The molecular formula is C56H91FN8O12. The first-order chi connectivity index (χ1) is 36.1. The number of aliphatic hydroxyl groups excluding tert-OH is 3. The molecule has 3 aromatic rings. The molecule has 0 bridgehead atoms. The number of hydrogen-bond acceptors (Lipinski definition) is 19. The summed E-state index contributed by atoms with van der Waals surface area (Å²) in [5, 5.41) is 68.6. The first kappa shape index (κ1) is 62.4. The molecule has 0 saturated carbocycles. The van der Waals surface area contributed by atoms with Crippen molar-refractivity contribution in [2.75, 3.05) is 60.0 Å². The van der Waals surface area contributed by atoms with E-state index in [1.807, 2.05) is 81.0 Å². The third kappa shape index (κ3) is 14.8. The van der Waals surface area contributed by atoms with E-state index in [1.54, 1.807) is 71.7 Å². The molecule has 6 rings (SSSR count). The van der Waals surface area contributed by atoms with E-state index in [-0.39, 0.29) is 25.2 Å². The van der Waals surface area contributed by atoms with Gasteiger partial charge in [0.05, 0.1) is 53.3 Å². The van der Waals surface area contributed by atoms with Crippen molar-refractivity contribution < 1.29 is 63.1 Å². The van der Waals surface area contributed by atoms with Crippen LogP contribution in [-0.2, 0) is 46.1 Å². The Hall–Kier alpha value is -3.84. The van der Waals surface area contributed by atoms with Gasteiger partial charge in [0.25, 0.3) is 0 Å². The van der Waals surface area contributed by atoms with Crippen molar-refractivity contribution >= 4 is 11.9 Å². The molecule has 0 radical (unpaired) electrons. The summed E-state index contributed by atoms with van der Waals surface area (Å²) in [5.74, 6) is -2.24. The van der Waals surface area contributed by atoms with Gasteiger partial charge < -0.3 is 68.7 Å². The first-order valence-electron chi connectivity index (χ1n) is 27.5. The number of alkyl halides is 1. The molecule has 1 aromatic carbocycles. The normalized spacial score (nSPS) is 37.7. The van der Waals surface area contributed by atoms with Crippen molar-refractivity contribution in [3.63, 3.8) is 0 Å². The van der Waals surface area contributed by atoms with E-state index < -0.39 is 121 Å². The van der Waals surface area contributed by atoms with E-state index in [9.17, 15) is 34.7 Å². The fourth-order valence-corrected chi connectivity index (χ4v) is 11.7. The number of nitrogens with zero attached hydrogens (tertiary/aromatic N) is 8. The molecule has 0 spiro atoms. The molecular weight excluding hydrogens is 996 g/mol. The minimum absolute atomic E-state index is 0.0869. The van der Waals surface area contributed by atoms with Gasteiger partial charge in [-0.15, -0.1) is 5.10 Å². The standard InChI is InChI=1S/C56H91FN8O12/c1-16-44-56(10,71)48(67)36(6)64(14)30-32(2)25-54(8,70)50(34(4)47(35(5)51(69)75-44)76-45-26-55(9,72-15)49(68)37(7)74-45)77-52-46(66)43(23-33(3)73-52)63(13)22-21-41-31-65(61-60-41)42(27-57)24-38-17-19-39(20-18-38)40-28-58-53(59-29-40)62(11)12/h17-20,28-29,31-37,42-50,52,66-68,70-71H,16,21-27,30H2,1-15H3/t32-,33-,34+,35-,36-,37+,42+,43+,44-,45+,46-,47+,48-,49+,50-,52+,54-,55-,56-/m1/s1. The van der Waals surface area contributed by atoms with E-state index in [0.717, 1.165) is 16.7 Å². The molecule has 21 heteroatoms. The number of aliphatic hydroxyl groups is 5. The highest BCUT2D eigenvalue weighted by Gasteiger charge is 2.53. The van der Waals surface area contributed by atoms with Gasteiger partial charge in [-0.2, -0.15) is 0 Å². The Morgan fingerprint density at radius 2 is 1.58 bits per heavy atom. The summed E-state index contributed by atoms with van der Waals surface area (Å²) >= 11 is 0. The number of benzene rings is 1. The third-order valence-corrected chi connectivity index (χ3v) is 16.7. The maximum absolute atomic E-state index is 14.7. The molecule has 77 heavy (non-hydrogen) atoms. The molecule has 434 valence electrons. The number of esters is 1. The van der Waals surface area contributed by atoms with E-state index >= 15 is 0 Å². The maximum Gasteiger partial charge on any atom is 0.311 e. The van der Waals surface area contributed by atoms with E-state index in [1.165, 1.54) is 14.0 Å². The first-order valence-corrected chi connectivity index (χ1v) is 27.5. The molecule has 3 aliphatic heterocycles. The van der Waals surface area contributed by atoms with E-state index in [4.69, 9.17) is 28.4 Å². The van der Waals surface area contributed by atoms with Gasteiger partial charge >= 0.3 is 5.97 Å². The minimum atomic E-state index is -1.85. The van der Waals surface area contributed by atoms with Crippen molar-refractivity contribution in [2.45, 2.75) is 204 Å². The second kappa shape index (κ2) is 26.2. The molecule has 3 fully saturated rings. The zero-order valence-corrected chi connectivity index (χ0v) is 48.2. The molecule has 0 aliphatic carbocycles. The number of aromatic nitrogens is 5. The quantitative estimate of drug-likeness (QED) is 0.125. The summed E-state index contributed by atoms with van der Waals surface area (Å²) in [5.41, 5.74) is -1.16. The summed E-state index contributed by atoms with van der Waals surface area (Å²) < 4.78 is 54.6. The number of ether oxygens (including phenoxy) is 6. The number of carbonyl (C=O) groups excluding carboxylic acids is 1. The fourth-order valence-electron chi connectivity index (χ4n) is 11.7. The van der Waals surface area contributed by atoms with Crippen LogP contribution in [0, 0.1) is 17.8 Å². The topological polar surface area (TPSA) is 240 Å². The minimum Gasteiger partial charge on any atom is -0.459 e. The Kier molecular flexibility index (Phi) is 21.2. The van der Waals surface area contributed by atoms with Crippen LogP contribution in [0.2, 0.25) is 0 Å². The Morgan fingerprint density at radius 3 is 2.19 bits per heavy atom. The molecule has 20 nitrogen and oxygen atoms in total. The average Bonchev–Trinajstić information content (AvgIpc) is 3.88. The van der Waals surface area contributed by atoms with Crippen LogP contribution in [0.1, 0.15) is 112 Å². The van der Waals surface area contributed by atoms with Crippen LogP contribution in [0.5, 0.6) is 0 Å². The van der Waals surface area contributed by atoms with Crippen molar-refractivity contribution in [3.8, 4) is 11.1 Å². The number of rotatable bonds is 16. The Bertz CT molecular complexity index is 2310. The van der Waals surface area contributed by atoms with Crippen molar-refractivity contribution in [1.29, 1.82) is 0 Å². The third-order valence-electron chi connectivity index (χ3n) is 16.7. The van der Waals surface area contributed by atoms with Gasteiger partial charge in [-0.05, 0) is 105 Å². The number of hydrogen-bond donors (Lipinski definition) is 5. The predicted octanol–water partition coefficient (Wildman–Crippen LogP) is 4.38. The SMILES string of the molecule is CC[C@H]1OC(=O)[C@H](C)[C@@H](O[C@H]2C[C@@](C)(OC)[C@@H](O)[C@H](C)O2)[C@H](C)[C@@H](O[C@@H]2O[C@H](C)C[C@H](N(C)CCc3cn([C@H](CF)Cc4ccc(-c5cnc(N(C)C)nc5)cc4)nn3)[C@H]2O)[C@](C)(O)C[C@@H](C)CN(C)[C@H](C)[C@@H](O)[C@]1(C)O. The monoisotopic (exact) mass is 1090 g/mol. The average molecular weight is 1090 g/mol. The van der Waals surface area contributed by atoms with Gasteiger partial charge in [-0.25, -0.2) is 19.0 Å². The Labute approximate surface area is 455 Å². The molecule has 0 unspecified atom stereocenters. The lowest BCUT2D eigenvalue weighted by Crippen LogP contribution is -2.61. The molecule has 3 aliphatic rings. The number of anilines is 1. The van der Waals surface area contributed by atoms with Crippen LogP contribution in [-0.4, -0.2) is 212 Å². The molecule has 2 aromatic heterocycles. The van der Waals surface area contributed by atoms with E-state index in [0.29, 0.717) is 44.0 Å². The summed E-state index contributed by atoms with van der Waals surface area (Å²) in [6.07, 6.45) is -3.21. The van der Waals surface area contributed by atoms with Crippen LogP contribution in [0.4, 0.5) is 10.3 Å². The number of methoxy groups -OCH3 is 1. The summed E-state index contributed by atoms with van der Waals surface area (Å²) in [6.45, 7) is 17.7. The lowest BCUT2D eigenvalue weighted by molar-refractivity contribution is -0.318. The van der Waals surface area contributed by atoms with Crippen LogP contribution in [0.25, 0.3) is 11.1 Å². The lowest BCUT2D eigenvalue weighted by Gasteiger charge is -2.49. The number of cyclic esters (lactones) is 1. The highest BCUT2D eigenvalue weighted by Crippen LogP contribution is 2.40. The highest BCUT2D eigenvalue weighted by atomic mass is 19.1. The number of halogens is 1. The van der Waals surface area contributed by atoms with E-state index in [2.05, 4.69) is 20.3 Å². The van der Waals surface area contributed by atoms with Crippen LogP contribution in [0.15, 0.2) is 42.9 Å². The number of carbonyl (C=O) groups is 1. The highest BCUT2D eigenvalue weighted by molar-refractivity contribution is 5.73. The van der Waals surface area contributed by atoms with Gasteiger partial charge in [0.2, 0.25) is 5.95 Å².